The zero-order valence-electron chi connectivity index (χ0n) is 23.0. The third-order valence-corrected chi connectivity index (χ3v) is 6.56. The standard InChI is InChI=1S/C30H31N3O7S/c1-4-38-26-12-8-20(17-28(26)39-5-2)14-15-32-29(34)24(31-30(32)41)16-22-9-13-25(27(18-22)37-3)40-19-21-6-10-23(11-7-21)33(35)36/h6-13,16-18H,4-5,14-15,19H2,1-3H3,(H,31,41)/b24-16+. The number of nitro benzene ring substituents is 1. The summed E-state index contributed by atoms with van der Waals surface area (Å²) in [5.74, 6) is 2.12. The predicted octanol–water partition coefficient (Wildman–Crippen LogP) is 5.28. The van der Waals surface area contributed by atoms with Gasteiger partial charge in [-0.15, -0.1) is 0 Å². The molecule has 1 aliphatic rings. The van der Waals surface area contributed by atoms with Crippen LogP contribution in [0.25, 0.3) is 6.08 Å². The summed E-state index contributed by atoms with van der Waals surface area (Å²) in [6, 6.07) is 17.2. The molecule has 0 saturated carbocycles. The molecule has 0 bridgehead atoms. The first-order chi connectivity index (χ1) is 19.8. The van der Waals surface area contributed by atoms with E-state index in [1.807, 2.05) is 32.0 Å². The Bertz CT molecular complexity index is 1460. The van der Waals surface area contributed by atoms with Gasteiger partial charge in [-0.2, -0.15) is 0 Å². The quantitative estimate of drug-likeness (QED) is 0.125. The van der Waals surface area contributed by atoms with Gasteiger partial charge in [-0.1, -0.05) is 12.1 Å². The molecule has 11 heteroatoms. The lowest BCUT2D eigenvalue weighted by Crippen LogP contribution is -2.32. The first kappa shape index (κ1) is 29.3. The molecule has 3 aromatic rings. The highest BCUT2D eigenvalue weighted by Gasteiger charge is 2.30. The van der Waals surface area contributed by atoms with Gasteiger partial charge < -0.3 is 24.3 Å². The molecule has 0 spiro atoms. The van der Waals surface area contributed by atoms with E-state index in [0.717, 1.165) is 16.7 Å². The fraction of sp³-hybridized carbons (Fsp3) is 0.267. The number of benzene rings is 3. The molecule has 0 aliphatic carbocycles. The molecule has 0 unspecified atom stereocenters. The van der Waals surface area contributed by atoms with E-state index in [9.17, 15) is 14.9 Å². The second-order valence-electron chi connectivity index (χ2n) is 8.96. The molecule has 41 heavy (non-hydrogen) atoms. The van der Waals surface area contributed by atoms with Gasteiger partial charge in [0.15, 0.2) is 28.1 Å². The summed E-state index contributed by atoms with van der Waals surface area (Å²) in [6.07, 6.45) is 2.29. The summed E-state index contributed by atoms with van der Waals surface area (Å²) in [5.41, 5.74) is 2.87. The number of hydrogen-bond acceptors (Lipinski definition) is 8. The molecule has 0 atom stereocenters. The van der Waals surface area contributed by atoms with Crippen LogP contribution < -0.4 is 24.3 Å². The molecule has 1 heterocycles. The highest BCUT2D eigenvalue weighted by molar-refractivity contribution is 7.80. The Morgan fingerprint density at radius 3 is 2.24 bits per heavy atom. The molecule has 0 radical (unpaired) electrons. The summed E-state index contributed by atoms with van der Waals surface area (Å²) in [6.45, 7) is 5.51. The SMILES string of the molecule is CCOc1ccc(CCN2C(=O)/C(=C\c3ccc(OCc4ccc([N+](=O)[O-])cc4)c(OC)c3)NC2=S)cc1OCC. The summed E-state index contributed by atoms with van der Waals surface area (Å²) in [7, 11) is 1.53. The molecule has 1 amide bonds. The average Bonchev–Trinajstić information content (AvgIpc) is 3.23. The van der Waals surface area contributed by atoms with Crippen molar-refractivity contribution in [2.45, 2.75) is 26.9 Å². The molecular weight excluding hydrogens is 546 g/mol. The van der Waals surface area contributed by atoms with Crippen molar-refractivity contribution < 1.29 is 28.7 Å². The minimum absolute atomic E-state index is 0.0173. The molecule has 4 rings (SSSR count). The smallest absolute Gasteiger partial charge is 0.276 e. The summed E-state index contributed by atoms with van der Waals surface area (Å²) in [4.78, 5) is 25.1. The van der Waals surface area contributed by atoms with Crippen molar-refractivity contribution >= 4 is 35.0 Å². The Morgan fingerprint density at radius 1 is 0.902 bits per heavy atom. The molecule has 1 saturated heterocycles. The number of amides is 1. The van der Waals surface area contributed by atoms with E-state index >= 15 is 0 Å². The normalized spacial score (nSPS) is 13.7. The molecule has 10 nitrogen and oxygen atoms in total. The van der Waals surface area contributed by atoms with E-state index in [-0.39, 0.29) is 18.2 Å². The first-order valence-electron chi connectivity index (χ1n) is 13.1. The van der Waals surface area contributed by atoms with E-state index in [2.05, 4.69) is 5.32 Å². The Morgan fingerprint density at radius 2 is 1.56 bits per heavy atom. The Balaban J connectivity index is 1.41. The largest absolute Gasteiger partial charge is 0.493 e. The monoisotopic (exact) mass is 577 g/mol. The van der Waals surface area contributed by atoms with Crippen molar-refractivity contribution in [2.24, 2.45) is 0 Å². The van der Waals surface area contributed by atoms with Gasteiger partial charge in [-0.05, 0) is 91.7 Å². The highest BCUT2D eigenvalue weighted by atomic mass is 32.1. The van der Waals surface area contributed by atoms with Gasteiger partial charge in [0.1, 0.15) is 12.3 Å². The number of nitro groups is 1. The Kier molecular flexibility index (Phi) is 9.75. The molecular formula is C30H31N3O7S. The molecule has 1 N–H and O–H groups in total. The van der Waals surface area contributed by atoms with E-state index in [4.69, 9.17) is 31.2 Å². The van der Waals surface area contributed by atoms with E-state index in [1.54, 1.807) is 36.4 Å². The van der Waals surface area contributed by atoms with Crippen LogP contribution in [0.4, 0.5) is 5.69 Å². The minimum Gasteiger partial charge on any atom is -0.493 e. The van der Waals surface area contributed by atoms with E-state index in [0.29, 0.717) is 60.0 Å². The highest BCUT2D eigenvalue weighted by Crippen LogP contribution is 2.31. The van der Waals surface area contributed by atoms with Crippen molar-refractivity contribution in [3.05, 3.63) is 93.2 Å². The number of thiocarbonyl (C=S) groups is 1. The van der Waals surface area contributed by atoms with Gasteiger partial charge in [0, 0.05) is 18.7 Å². The van der Waals surface area contributed by atoms with Crippen LogP contribution in [0, 0.1) is 10.1 Å². The minimum atomic E-state index is -0.447. The fourth-order valence-corrected chi connectivity index (χ4v) is 4.49. The number of carbonyl (C=O) groups excluding carboxylic acids is 1. The number of ether oxygens (including phenoxy) is 4. The van der Waals surface area contributed by atoms with Gasteiger partial charge >= 0.3 is 0 Å². The third kappa shape index (κ3) is 7.31. The summed E-state index contributed by atoms with van der Waals surface area (Å²) in [5, 5.41) is 14.2. The topological polar surface area (TPSA) is 112 Å². The van der Waals surface area contributed by atoms with Gasteiger partial charge in [-0.3, -0.25) is 19.8 Å². The van der Waals surface area contributed by atoms with Crippen LogP contribution in [-0.2, 0) is 17.8 Å². The van der Waals surface area contributed by atoms with Crippen molar-refractivity contribution in [3.63, 3.8) is 0 Å². The molecule has 0 aromatic heterocycles. The number of non-ortho nitro benzene ring substituents is 1. The number of carbonyl (C=O) groups is 1. The van der Waals surface area contributed by atoms with E-state index in [1.165, 1.54) is 24.1 Å². The van der Waals surface area contributed by atoms with Gasteiger partial charge in [0.2, 0.25) is 0 Å². The van der Waals surface area contributed by atoms with Crippen LogP contribution in [0.1, 0.15) is 30.5 Å². The van der Waals surface area contributed by atoms with Gasteiger partial charge in [0.05, 0.1) is 25.2 Å². The number of rotatable bonds is 13. The van der Waals surface area contributed by atoms with Gasteiger partial charge in [-0.25, -0.2) is 0 Å². The summed E-state index contributed by atoms with van der Waals surface area (Å²) < 4.78 is 22.7. The van der Waals surface area contributed by atoms with Crippen LogP contribution in [0.15, 0.2) is 66.4 Å². The van der Waals surface area contributed by atoms with Crippen molar-refractivity contribution in [1.29, 1.82) is 0 Å². The molecule has 214 valence electrons. The van der Waals surface area contributed by atoms with Crippen LogP contribution in [-0.4, -0.2) is 47.7 Å². The number of methoxy groups -OCH3 is 1. The second kappa shape index (κ2) is 13.6. The molecule has 1 fully saturated rings. The first-order valence-corrected chi connectivity index (χ1v) is 13.5. The zero-order chi connectivity index (χ0) is 29.4. The van der Waals surface area contributed by atoms with Crippen molar-refractivity contribution in [2.75, 3.05) is 26.9 Å². The summed E-state index contributed by atoms with van der Waals surface area (Å²) >= 11 is 5.45. The lowest BCUT2D eigenvalue weighted by atomic mass is 10.1. The number of nitrogens with zero attached hydrogens (tertiary/aromatic N) is 2. The predicted molar refractivity (Wildman–Crippen MR) is 158 cm³/mol. The van der Waals surface area contributed by atoms with Crippen LogP contribution in [0.5, 0.6) is 23.0 Å². The maximum absolute atomic E-state index is 13.2. The Labute approximate surface area is 243 Å². The van der Waals surface area contributed by atoms with Crippen molar-refractivity contribution in [3.8, 4) is 23.0 Å². The molecule has 1 aliphatic heterocycles. The van der Waals surface area contributed by atoms with Gasteiger partial charge in [0.25, 0.3) is 11.6 Å². The Hall–Kier alpha value is -4.64. The number of hydrogen-bond donors (Lipinski definition) is 1. The van der Waals surface area contributed by atoms with E-state index < -0.39 is 4.92 Å². The lowest BCUT2D eigenvalue weighted by molar-refractivity contribution is -0.384. The second-order valence-corrected chi connectivity index (χ2v) is 9.35. The molecule has 3 aromatic carbocycles. The lowest BCUT2D eigenvalue weighted by Gasteiger charge is -2.16. The zero-order valence-corrected chi connectivity index (χ0v) is 23.9. The van der Waals surface area contributed by atoms with Crippen LogP contribution in [0.2, 0.25) is 0 Å². The average molecular weight is 578 g/mol. The van der Waals surface area contributed by atoms with Crippen LogP contribution in [0.3, 0.4) is 0 Å². The number of nitrogens with one attached hydrogen (secondary N) is 1. The van der Waals surface area contributed by atoms with Crippen molar-refractivity contribution in [1.82, 2.24) is 10.2 Å². The van der Waals surface area contributed by atoms with Crippen LogP contribution >= 0.6 is 12.2 Å². The third-order valence-electron chi connectivity index (χ3n) is 6.23. The maximum atomic E-state index is 13.2. The fourth-order valence-electron chi connectivity index (χ4n) is 4.20. The maximum Gasteiger partial charge on any atom is 0.276 e.